The van der Waals surface area contributed by atoms with E-state index in [-0.39, 0.29) is 6.61 Å². The van der Waals surface area contributed by atoms with Crippen molar-refractivity contribution in [3.05, 3.63) is 41.6 Å². The highest BCUT2D eigenvalue weighted by molar-refractivity contribution is 5.61. The molecule has 2 heterocycles. The van der Waals surface area contributed by atoms with Gasteiger partial charge in [0.15, 0.2) is 5.82 Å². The zero-order valence-corrected chi connectivity index (χ0v) is 16.1. The largest absolute Gasteiger partial charge is 0.396 e. The molecule has 2 N–H and O–H groups in total. The lowest BCUT2D eigenvalue weighted by Crippen LogP contribution is -2.54. The fraction of sp³-hybridized carbons (Fsp3) is 0.545. The Labute approximate surface area is 161 Å². The molecule has 1 aliphatic heterocycles. The topological polar surface area (TPSA) is 69.5 Å². The molecule has 0 amide bonds. The second kappa shape index (κ2) is 7.56. The SMILES string of the molecule is CCC[C@@]1(CO)CN(c2nc(-c3ccccc3)nc3c2CCC3)CC[C@H]1O. The molecule has 4 rings (SSSR count). The molecule has 2 aromatic rings. The van der Waals surface area contributed by atoms with E-state index in [9.17, 15) is 10.2 Å². The predicted octanol–water partition coefficient (Wildman–Crippen LogP) is 2.98. The maximum atomic E-state index is 10.6. The van der Waals surface area contributed by atoms with E-state index in [1.165, 1.54) is 5.56 Å². The Bertz CT molecular complexity index is 796. The third-order valence-corrected chi connectivity index (χ3v) is 6.19. The number of hydrogen-bond acceptors (Lipinski definition) is 5. The number of aryl methyl sites for hydroxylation is 1. The first kappa shape index (κ1) is 18.4. The van der Waals surface area contributed by atoms with Crippen molar-refractivity contribution in [1.29, 1.82) is 0 Å². The van der Waals surface area contributed by atoms with Crippen LogP contribution in [0.2, 0.25) is 0 Å². The molecule has 0 bridgehead atoms. The zero-order valence-electron chi connectivity index (χ0n) is 16.1. The Hall–Kier alpha value is -1.98. The van der Waals surface area contributed by atoms with E-state index in [0.717, 1.165) is 61.5 Å². The molecule has 1 aromatic carbocycles. The molecule has 0 spiro atoms. The van der Waals surface area contributed by atoms with Gasteiger partial charge in [-0.25, -0.2) is 9.97 Å². The van der Waals surface area contributed by atoms with Gasteiger partial charge in [-0.05, 0) is 32.1 Å². The fourth-order valence-electron chi connectivity index (χ4n) is 4.70. The van der Waals surface area contributed by atoms with E-state index in [1.807, 2.05) is 18.2 Å². The first-order chi connectivity index (χ1) is 13.2. The Morgan fingerprint density at radius 2 is 2.00 bits per heavy atom. The molecule has 1 saturated heterocycles. The van der Waals surface area contributed by atoms with Gasteiger partial charge in [0.1, 0.15) is 5.82 Å². The van der Waals surface area contributed by atoms with Gasteiger partial charge in [0.2, 0.25) is 0 Å². The van der Waals surface area contributed by atoms with Gasteiger partial charge in [0.05, 0.1) is 12.7 Å². The molecule has 5 heteroatoms. The van der Waals surface area contributed by atoms with Crippen molar-refractivity contribution in [2.75, 3.05) is 24.6 Å². The van der Waals surface area contributed by atoms with Crippen molar-refractivity contribution in [3.63, 3.8) is 0 Å². The van der Waals surface area contributed by atoms with E-state index in [4.69, 9.17) is 9.97 Å². The lowest BCUT2D eigenvalue weighted by atomic mass is 9.74. The number of nitrogens with zero attached hydrogens (tertiary/aromatic N) is 3. The minimum Gasteiger partial charge on any atom is -0.396 e. The molecule has 144 valence electrons. The second-order valence-corrected chi connectivity index (χ2v) is 8.01. The van der Waals surface area contributed by atoms with Crippen molar-refractivity contribution in [2.45, 2.75) is 51.6 Å². The van der Waals surface area contributed by atoms with Crippen LogP contribution in [0.4, 0.5) is 5.82 Å². The van der Waals surface area contributed by atoms with Gasteiger partial charge in [-0.3, -0.25) is 0 Å². The first-order valence-corrected chi connectivity index (χ1v) is 10.2. The number of fused-ring (bicyclic) bond motifs is 1. The van der Waals surface area contributed by atoms with Gasteiger partial charge in [0.25, 0.3) is 0 Å². The van der Waals surface area contributed by atoms with E-state index in [0.29, 0.717) is 13.0 Å². The van der Waals surface area contributed by atoms with E-state index < -0.39 is 11.5 Å². The maximum Gasteiger partial charge on any atom is 0.161 e. The highest BCUT2D eigenvalue weighted by Gasteiger charge is 2.42. The summed E-state index contributed by atoms with van der Waals surface area (Å²) in [4.78, 5) is 12.1. The van der Waals surface area contributed by atoms with E-state index in [1.54, 1.807) is 0 Å². The average Bonchev–Trinajstić information content (AvgIpc) is 3.18. The van der Waals surface area contributed by atoms with Crippen LogP contribution in [-0.2, 0) is 12.8 Å². The van der Waals surface area contributed by atoms with Crippen molar-refractivity contribution >= 4 is 5.82 Å². The van der Waals surface area contributed by atoms with Crippen LogP contribution in [0.3, 0.4) is 0 Å². The molecule has 1 aromatic heterocycles. The molecule has 27 heavy (non-hydrogen) atoms. The summed E-state index contributed by atoms with van der Waals surface area (Å²) in [6.07, 6.45) is 5.11. The number of anilines is 1. The van der Waals surface area contributed by atoms with Crippen molar-refractivity contribution in [2.24, 2.45) is 5.41 Å². The van der Waals surface area contributed by atoms with Gasteiger partial charge >= 0.3 is 0 Å². The summed E-state index contributed by atoms with van der Waals surface area (Å²) in [7, 11) is 0. The lowest BCUT2D eigenvalue weighted by Gasteiger charge is -2.46. The maximum absolute atomic E-state index is 10.6. The monoisotopic (exact) mass is 367 g/mol. The van der Waals surface area contributed by atoms with E-state index >= 15 is 0 Å². The van der Waals surface area contributed by atoms with Gasteiger partial charge < -0.3 is 15.1 Å². The molecule has 2 atom stereocenters. The molecular formula is C22H29N3O2. The minimum absolute atomic E-state index is 0.0112. The second-order valence-electron chi connectivity index (χ2n) is 8.01. The van der Waals surface area contributed by atoms with Crippen LogP contribution in [-0.4, -0.2) is 46.0 Å². The van der Waals surface area contributed by atoms with Crippen molar-refractivity contribution < 1.29 is 10.2 Å². The number of aliphatic hydroxyl groups excluding tert-OH is 2. The normalized spacial score (nSPS) is 24.9. The predicted molar refractivity (Wildman–Crippen MR) is 107 cm³/mol. The molecule has 1 fully saturated rings. The molecule has 5 nitrogen and oxygen atoms in total. The van der Waals surface area contributed by atoms with Crippen LogP contribution >= 0.6 is 0 Å². The quantitative estimate of drug-likeness (QED) is 0.850. The van der Waals surface area contributed by atoms with Crippen LogP contribution < -0.4 is 4.90 Å². The summed E-state index contributed by atoms with van der Waals surface area (Å²) >= 11 is 0. The summed E-state index contributed by atoms with van der Waals surface area (Å²) in [5.74, 6) is 1.79. The number of rotatable bonds is 5. The fourth-order valence-corrected chi connectivity index (χ4v) is 4.70. The summed E-state index contributed by atoms with van der Waals surface area (Å²) in [6.45, 7) is 3.54. The number of hydrogen-bond donors (Lipinski definition) is 2. The summed E-state index contributed by atoms with van der Waals surface area (Å²) in [5.41, 5.74) is 2.99. The molecule has 0 unspecified atom stereocenters. The Balaban J connectivity index is 1.74. The Morgan fingerprint density at radius 3 is 2.74 bits per heavy atom. The van der Waals surface area contributed by atoms with Crippen molar-refractivity contribution in [1.82, 2.24) is 9.97 Å². The van der Waals surface area contributed by atoms with Crippen LogP contribution in [0.25, 0.3) is 11.4 Å². The molecular weight excluding hydrogens is 338 g/mol. The van der Waals surface area contributed by atoms with Gasteiger partial charge in [-0.15, -0.1) is 0 Å². The Morgan fingerprint density at radius 1 is 1.19 bits per heavy atom. The molecule has 0 saturated carbocycles. The van der Waals surface area contributed by atoms with Crippen LogP contribution in [0.15, 0.2) is 30.3 Å². The highest BCUT2D eigenvalue weighted by atomic mass is 16.3. The lowest BCUT2D eigenvalue weighted by molar-refractivity contribution is -0.0353. The standard InChI is InChI=1S/C22H29N3O2/c1-2-12-22(15-26)14-25(13-11-19(22)27)21-17-9-6-10-18(17)23-20(24-21)16-7-4-3-5-8-16/h3-5,7-8,19,26-27H,2,6,9-15H2,1H3/t19-,22+/m1/s1. The number of benzene rings is 1. The van der Waals surface area contributed by atoms with E-state index in [2.05, 4.69) is 24.0 Å². The van der Waals surface area contributed by atoms with Gasteiger partial charge in [-0.1, -0.05) is 43.7 Å². The Kier molecular flexibility index (Phi) is 5.15. The van der Waals surface area contributed by atoms with Crippen LogP contribution in [0.1, 0.15) is 43.9 Å². The zero-order chi connectivity index (χ0) is 18.9. The number of aromatic nitrogens is 2. The summed E-state index contributed by atoms with van der Waals surface area (Å²) < 4.78 is 0. The minimum atomic E-state index is -0.462. The van der Waals surface area contributed by atoms with Crippen LogP contribution in [0, 0.1) is 5.41 Å². The highest BCUT2D eigenvalue weighted by Crippen LogP contribution is 2.39. The smallest absolute Gasteiger partial charge is 0.161 e. The molecule has 2 aliphatic rings. The average molecular weight is 367 g/mol. The molecule has 1 aliphatic carbocycles. The van der Waals surface area contributed by atoms with Gasteiger partial charge in [-0.2, -0.15) is 0 Å². The third-order valence-electron chi connectivity index (χ3n) is 6.19. The number of piperidine rings is 1. The number of aliphatic hydroxyl groups is 2. The summed E-state index contributed by atoms with van der Waals surface area (Å²) in [5, 5.41) is 20.7. The first-order valence-electron chi connectivity index (χ1n) is 10.2. The van der Waals surface area contributed by atoms with Crippen molar-refractivity contribution in [3.8, 4) is 11.4 Å². The molecule has 0 radical (unpaired) electrons. The van der Waals surface area contributed by atoms with Gasteiger partial charge in [0, 0.05) is 35.3 Å². The summed E-state index contributed by atoms with van der Waals surface area (Å²) in [6, 6.07) is 10.1. The third kappa shape index (κ3) is 3.34. The van der Waals surface area contributed by atoms with Crippen LogP contribution in [0.5, 0.6) is 0 Å².